The molecular weight excluding hydrogens is 505 g/mol. The van der Waals surface area contributed by atoms with E-state index >= 15 is 0 Å². The molecular formula is C23H34IN5O2. The molecule has 1 aliphatic heterocycles. The minimum atomic E-state index is 0. The molecule has 1 heterocycles. The van der Waals surface area contributed by atoms with Crippen LogP contribution in [0.4, 0.5) is 11.4 Å². The van der Waals surface area contributed by atoms with Crippen LogP contribution < -0.4 is 25.0 Å². The Hall–Kier alpha value is -2.20. The van der Waals surface area contributed by atoms with E-state index in [9.17, 15) is 0 Å². The largest absolute Gasteiger partial charge is 0.493 e. The molecule has 1 aliphatic rings. The van der Waals surface area contributed by atoms with Crippen LogP contribution in [0.5, 0.6) is 11.5 Å². The molecule has 0 spiro atoms. The van der Waals surface area contributed by atoms with Gasteiger partial charge in [0.15, 0.2) is 17.5 Å². The van der Waals surface area contributed by atoms with Gasteiger partial charge in [0.25, 0.3) is 0 Å². The zero-order valence-electron chi connectivity index (χ0n) is 18.6. The fourth-order valence-electron chi connectivity index (χ4n) is 3.61. The van der Waals surface area contributed by atoms with E-state index in [0.717, 1.165) is 57.3 Å². The van der Waals surface area contributed by atoms with Crippen LogP contribution in [0.25, 0.3) is 0 Å². The maximum Gasteiger partial charge on any atom is 0.195 e. The number of ether oxygens (including phenoxy) is 2. The van der Waals surface area contributed by atoms with Gasteiger partial charge in [0.05, 0.1) is 14.2 Å². The standard InChI is InChI=1S/C23H33N5O2.HI/c1-24-23(26-19-10-11-21(29-2)22(18-19)30-3)25-12-7-13-27-14-16-28(17-15-27)20-8-5-4-6-9-20;/h4-6,8-11,18H,7,12-17H2,1-3H3,(H2,24,25,26);1H. The number of hydrogen-bond acceptors (Lipinski definition) is 5. The van der Waals surface area contributed by atoms with Crippen LogP contribution in [-0.2, 0) is 0 Å². The molecule has 0 aliphatic carbocycles. The maximum absolute atomic E-state index is 5.36. The average Bonchev–Trinajstić information content (AvgIpc) is 2.81. The van der Waals surface area contributed by atoms with Crippen LogP contribution in [0, 0.1) is 0 Å². The lowest BCUT2D eigenvalue weighted by Crippen LogP contribution is -2.47. The van der Waals surface area contributed by atoms with E-state index in [1.54, 1.807) is 21.3 Å². The number of aliphatic imine (C=N–C) groups is 1. The highest BCUT2D eigenvalue weighted by Crippen LogP contribution is 2.29. The highest BCUT2D eigenvalue weighted by molar-refractivity contribution is 14.0. The molecule has 0 saturated carbocycles. The molecule has 2 aromatic rings. The van der Waals surface area contributed by atoms with Crippen molar-refractivity contribution in [3.05, 3.63) is 48.5 Å². The van der Waals surface area contributed by atoms with E-state index in [1.807, 2.05) is 18.2 Å². The maximum atomic E-state index is 5.36. The third-order valence-corrected chi connectivity index (χ3v) is 5.31. The zero-order chi connectivity index (χ0) is 21.2. The normalized spacial score (nSPS) is 14.5. The van der Waals surface area contributed by atoms with Gasteiger partial charge in [0.1, 0.15) is 0 Å². The van der Waals surface area contributed by atoms with Crippen molar-refractivity contribution in [3.63, 3.8) is 0 Å². The van der Waals surface area contributed by atoms with Crippen molar-refractivity contribution >= 4 is 41.3 Å². The molecule has 0 bridgehead atoms. The second-order valence-electron chi connectivity index (χ2n) is 7.21. The number of nitrogens with one attached hydrogen (secondary N) is 2. The van der Waals surface area contributed by atoms with Gasteiger partial charge in [-0.1, -0.05) is 18.2 Å². The minimum Gasteiger partial charge on any atom is -0.493 e. The van der Waals surface area contributed by atoms with Crippen molar-refractivity contribution in [2.45, 2.75) is 6.42 Å². The number of piperazine rings is 1. The summed E-state index contributed by atoms with van der Waals surface area (Å²) in [7, 11) is 5.04. The summed E-state index contributed by atoms with van der Waals surface area (Å²) in [5.74, 6) is 2.14. The summed E-state index contributed by atoms with van der Waals surface area (Å²) in [6.07, 6.45) is 1.07. The average molecular weight is 539 g/mol. The lowest BCUT2D eigenvalue weighted by Gasteiger charge is -2.36. The Morgan fingerprint density at radius 1 is 0.968 bits per heavy atom. The minimum absolute atomic E-state index is 0. The van der Waals surface area contributed by atoms with Crippen LogP contribution in [0.15, 0.2) is 53.5 Å². The van der Waals surface area contributed by atoms with Gasteiger partial charge in [0, 0.05) is 57.2 Å². The van der Waals surface area contributed by atoms with Gasteiger partial charge in [-0.2, -0.15) is 0 Å². The zero-order valence-corrected chi connectivity index (χ0v) is 21.0. The second-order valence-corrected chi connectivity index (χ2v) is 7.21. The molecule has 31 heavy (non-hydrogen) atoms. The van der Waals surface area contributed by atoms with Gasteiger partial charge >= 0.3 is 0 Å². The Labute approximate surface area is 202 Å². The first-order valence-electron chi connectivity index (χ1n) is 10.5. The van der Waals surface area contributed by atoms with Crippen molar-refractivity contribution in [2.24, 2.45) is 4.99 Å². The Morgan fingerprint density at radius 2 is 1.68 bits per heavy atom. The fraction of sp³-hybridized carbons (Fsp3) is 0.435. The number of para-hydroxylation sites is 1. The number of guanidine groups is 1. The van der Waals surface area contributed by atoms with E-state index in [-0.39, 0.29) is 24.0 Å². The third kappa shape index (κ3) is 7.46. The molecule has 170 valence electrons. The topological polar surface area (TPSA) is 61.4 Å². The molecule has 0 aromatic heterocycles. The number of anilines is 2. The fourth-order valence-corrected chi connectivity index (χ4v) is 3.61. The Balaban J connectivity index is 0.00000341. The predicted molar refractivity (Wildman–Crippen MR) is 140 cm³/mol. The van der Waals surface area contributed by atoms with Crippen LogP contribution in [0.1, 0.15) is 6.42 Å². The molecule has 3 rings (SSSR count). The van der Waals surface area contributed by atoms with Crippen LogP contribution in [0.3, 0.4) is 0 Å². The van der Waals surface area contributed by atoms with Crippen LogP contribution in [-0.4, -0.2) is 71.4 Å². The van der Waals surface area contributed by atoms with E-state index in [4.69, 9.17) is 9.47 Å². The van der Waals surface area contributed by atoms with Gasteiger partial charge in [-0.25, -0.2) is 0 Å². The van der Waals surface area contributed by atoms with Gasteiger partial charge < -0.3 is 25.0 Å². The van der Waals surface area contributed by atoms with Crippen molar-refractivity contribution in [1.29, 1.82) is 0 Å². The molecule has 1 saturated heterocycles. The number of methoxy groups -OCH3 is 2. The molecule has 7 nitrogen and oxygen atoms in total. The first-order valence-corrected chi connectivity index (χ1v) is 10.5. The van der Waals surface area contributed by atoms with Gasteiger partial charge in [0.2, 0.25) is 0 Å². The van der Waals surface area contributed by atoms with Crippen molar-refractivity contribution in [3.8, 4) is 11.5 Å². The summed E-state index contributed by atoms with van der Waals surface area (Å²) in [4.78, 5) is 9.31. The SMILES string of the molecule is CN=C(NCCCN1CCN(c2ccccc2)CC1)Nc1ccc(OC)c(OC)c1.I. The lowest BCUT2D eigenvalue weighted by molar-refractivity contribution is 0.255. The molecule has 2 N–H and O–H groups in total. The van der Waals surface area contributed by atoms with E-state index in [1.165, 1.54) is 5.69 Å². The molecule has 8 heteroatoms. The van der Waals surface area contributed by atoms with Crippen LogP contribution >= 0.6 is 24.0 Å². The molecule has 0 amide bonds. The highest BCUT2D eigenvalue weighted by atomic mass is 127. The summed E-state index contributed by atoms with van der Waals surface area (Å²) < 4.78 is 10.6. The van der Waals surface area contributed by atoms with E-state index < -0.39 is 0 Å². The molecule has 2 aromatic carbocycles. The summed E-state index contributed by atoms with van der Waals surface area (Å²) in [5, 5.41) is 6.69. The molecule has 1 fully saturated rings. The molecule has 0 unspecified atom stereocenters. The predicted octanol–water partition coefficient (Wildman–Crippen LogP) is 3.52. The monoisotopic (exact) mass is 539 g/mol. The quantitative estimate of drug-likeness (QED) is 0.232. The molecule has 0 radical (unpaired) electrons. The summed E-state index contributed by atoms with van der Waals surface area (Å²) >= 11 is 0. The van der Waals surface area contributed by atoms with E-state index in [2.05, 4.69) is 55.8 Å². The third-order valence-electron chi connectivity index (χ3n) is 5.31. The smallest absolute Gasteiger partial charge is 0.195 e. The van der Waals surface area contributed by atoms with E-state index in [0.29, 0.717) is 11.5 Å². The first kappa shape index (κ1) is 25.1. The first-order chi connectivity index (χ1) is 14.7. The number of halogens is 1. The van der Waals surface area contributed by atoms with Crippen molar-refractivity contribution in [1.82, 2.24) is 10.2 Å². The number of hydrogen-bond donors (Lipinski definition) is 2. The van der Waals surface area contributed by atoms with Crippen LogP contribution in [0.2, 0.25) is 0 Å². The summed E-state index contributed by atoms with van der Waals surface area (Å²) in [6, 6.07) is 16.4. The van der Waals surface area contributed by atoms with Crippen molar-refractivity contribution in [2.75, 3.05) is 70.8 Å². The van der Waals surface area contributed by atoms with Crippen molar-refractivity contribution < 1.29 is 9.47 Å². The summed E-state index contributed by atoms with van der Waals surface area (Å²) in [5.41, 5.74) is 2.22. The Bertz CT molecular complexity index is 811. The second kappa shape index (κ2) is 13.3. The Morgan fingerprint density at radius 3 is 2.32 bits per heavy atom. The van der Waals surface area contributed by atoms with Gasteiger partial charge in [-0.05, 0) is 37.2 Å². The molecule has 0 atom stereocenters. The van der Waals surface area contributed by atoms with Gasteiger partial charge in [-0.3, -0.25) is 9.89 Å². The Kier molecular flexibility index (Phi) is 10.7. The highest BCUT2D eigenvalue weighted by Gasteiger charge is 2.16. The van der Waals surface area contributed by atoms with Gasteiger partial charge in [-0.15, -0.1) is 24.0 Å². The number of benzene rings is 2. The lowest BCUT2D eigenvalue weighted by atomic mass is 10.2. The summed E-state index contributed by atoms with van der Waals surface area (Å²) in [6.45, 7) is 6.33. The number of nitrogens with zero attached hydrogens (tertiary/aromatic N) is 3. The number of rotatable bonds is 8.